The minimum Gasteiger partial charge on any atom is -0.489 e. The lowest BCUT2D eigenvalue weighted by Gasteiger charge is -2.15. The molecule has 2 aromatic carbocycles. The van der Waals surface area contributed by atoms with Crippen LogP contribution in [0.25, 0.3) is 0 Å². The van der Waals surface area contributed by atoms with Crippen LogP contribution in [0.2, 0.25) is 0 Å². The maximum atomic E-state index is 11.9. The van der Waals surface area contributed by atoms with Crippen molar-refractivity contribution in [1.29, 1.82) is 0 Å². The second-order valence-corrected chi connectivity index (χ2v) is 6.66. The summed E-state index contributed by atoms with van der Waals surface area (Å²) in [5.74, 6) is 1.34. The smallest absolute Gasteiger partial charge is 0.236 e. The van der Waals surface area contributed by atoms with Crippen molar-refractivity contribution in [3.8, 4) is 5.75 Å². The van der Waals surface area contributed by atoms with Crippen LogP contribution in [0.3, 0.4) is 0 Å². The van der Waals surface area contributed by atoms with Gasteiger partial charge < -0.3 is 15.4 Å². The molecular formula is C21H28N2O2. The van der Waals surface area contributed by atoms with Gasteiger partial charge in [0.15, 0.2) is 0 Å². The van der Waals surface area contributed by atoms with Gasteiger partial charge in [0.25, 0.3) is 0 Å². The summed E-state index contributed by atoms with van der Waals surface area (Å²) in [6, 6.07) is 17.8. The van der Waals surface area contributed by atoms with Crippen LogP contribution < -0.4 is 15.4 Å². The molecule has 0 aliphatic rings. The monoisotopic (exact) mass is 340 g/mol. The third-order valence-electron chi connectivity index (χ3n) is 3.86. The summed E-state index contributed by atoms with van der Waals surface area (Å²) in [4.78, 5) is 11.9. The predicted octanol–water partition coefficient (Wildman–Crippen LogP) is 3.52. The van der Waals surface area contributed by atoms with Gasteiger partial charge in [0.1, 0.15) is 12.4 Å². The first-order valence-corrected chi connectivity index (χ1v) is 8.81. The predicted molar refractivity (Wildman–Crippen MR) is 101 cm³/mol. The number of ether oxygens (including phenoxy) is 1. The van der Waals surface area contributed by atoms with Crippen LogP contribution in [-0.2, 0) is 17.9 Å². The van der Waals surface area contributed by atoms with E-state index >= 15 is 0 Å². The van der Waals surface area contributed by atoms with Crippen LogP contribution in [0.5, 0.6) is 5.75 Å². The van der Waals surface area contributed by atoms with Crippen LogP contribution in [0.15, 0.2) is 54.6 Å². The molecule has 4 nitrogen and oxygen atoms in total. The van der Waals surface area contributed by atoms with E-state index in [1.807, 2.05) is 61.5 Å². The Morgan fingerprint density at radius 3 is 2.28 bits per heavy atom. The Morgan fingerprint density at radius 1 is 0.960 bits per heavy atom. The number of rotatable bonds is 9. The highest BCUT2D eigenvalue weighted by Gasteiger charge is 2.11. The molecule has 0 bridgehead atoms. The van der Waals surface area contributed by atoms with Crippen molar-refractivity contribution < 1.29 is 9.53 Å². The summed E-state index contributed by atoms with van der Waals surface area (Å²) in [5.41, 5.74) is 2.27. The second-order valence-electron chi connectivity index (χ2n) is 6.66. The Balaban J connectivity index is 1.75. The third kappa shape index (κ3) is 6.98. The van der Waals surface area contributed by atoms with E-state index < -0.39 is 0 Å². The van der Waals surface area contributed by atoms with Gasteiger partial charge >= 0.3 is 0 Å². The van der Waals surface area contributed by atoms with Crippen LogP contribution in [-0.4, -0.2) is 18.5 Å². The summed E-state index contributed by atoms with van der Waals surface area (Å²) in [6.45, 7) is 7.96. The maximum absolute atomic E-state index is 11.9. The quantitative estimate of drug-likeness (QED) is 0.734. The Bertz CT molecular complexity index is 639. The Kier molecular flexibility index (Phi) is 7.48. The highest BCUT2D eigenvalue weighted by Crippen LogP contribution is 2.14. The highest BCUT2D eigenvalue weighted by molar-refractivity contribution is 5.81. The minimum absolute atomic E-state index is 0.0384. The first-order valence-electron chi connectivity index (χ1n) is 8.81. The number of hydrogen-bond acceptors (Lipinski definition) is 3. The standard InChI is InChI=1S/C21H28N2O2/c1-16(2)13-23-21(24)17(3)22-14-18-9-11-20(12-10-18)25-15-19-7-5-4-6-8-19/h4-12,16-17,22H,13-15H2,1-3H3,(H,23,24). The van der Waals surface area contributed by atoms with Crippen molar-refractivity contribution in [2.45, 2.75) is 40.0 Å². The summed E-state index contributed by atoms with van der Waals surface area (Å²) in [7, 11) is 0. The number of amides is 1. The fourth-order valence-corrected chi connectivity index (χ4v) is 2.27. The Morgan fingerprint density at radius 2 is 1.64 bits per heavy atom. The lowest BCUT2D eigenvalue weighted by Crippen LogP contribution is -2.42. The average molecular weight is 340 g/mol. The molecule has 25 heavy (non-hydrogen) atoms. The van der Waals surface area contributed by atoms with Crippen molar-refractivity contribution >= 4 is 5.91 Å². The Labute approximate surface area is 150 Å². The highest BCUT2D eigenvalue weighted by atomic mass is 16.5. The first-order chi connectivity index (χ1) is 12.0. The fraction of sp³-hybridized carbons (Fsp3) is 0.381. The van der Waals surface area contributed by atoms with E-state index in [4.69, 9.17) is 4.74 Å². The normalized spacial score (nSPS) is 12.0. The molecule has 0 aliphatic heterocycles. The lowest BCUT2D eigenvalue weighted by atomic mass is 10.2. The molecule has 2 rings (SSSR count). The van der Waals surface area contributed by atoms with Gasteiger partial charge in [-0.25, -0.2) is 0 Å². The molecule has 1 atom stereocenters. The van der Waals surface area contributed by atoms with Crippen molar-refractivity contribution in [2.75, 3.05) is 6.54 Å². The van der Waals surface area contributed by atoms with Gasteiger partial charge in [0.05, 0.1) is 6.04 Å². The molecule has 0 spiro atoms. The van der Waals surface area contributed by atoms with Gasteiger partial charge in [-0.2, -0.15) is 0 Å². The van der Waals surface area contributed by atoms with Crippen LogP contribution in [0.1, 0.15) is 31.9 Å². The number of carbonyl (C=O) groups excluding carboxylic acids is 1. The van der Waals surface area contributed by atoms with Gasteiger partial charge in [-0.3, -0.25) is 4.79 Å². The zero-order valence-corrected chi connectivity index (χ0v) is 15.3. The van der Waals surface area contributed by atoms with Crippen molar-refractivity contribution in [3.63, 3.8) is 0 Å². The molecule has 0 saturated carbocycles. The van der Waals surface area contributed by atoms with Gasteiger partial charge in [-0.15, -0.1) is 0 Å². The molecule has 134 valence electrons. The summed E-state index contributed by atoms with van der Waals surface area (Å²) in [6.07, 6.45) is 0. The molecule has 1 amide bonds. The van der Waals surface area contributed by atoms with Crippen LogP contribution >= 0.6 is 0 Å². The zero-order valence-electron chi connectivity index (χ0n) is 15.3. The molecule has 2 N–H and O–H groups in total. The number of carbonyl (C=O) groups is 1. The largest absolute Gasteiger partial charge is 0.489 e. The van der Waals surface area contributed by atoms with Crippen LogP contribution in [0, 0.1) is 5.92 Å². The van der Waals surface area contributed by atoms with E-state index in [9.17, 15) is 4.79 Å². The zero-order chi connectivity index (χ0) is 18.1. The molecular weight excluding hydrogens is 312 g/mol. The summed E-state index contributed by atoms with van der Waals surface area (Å²) in [5, 5.41) is 6.18. The molecule has 0 heterocycles. The van der Waals surface area contributed by atoms with E-state index in [0.717, 1.165) is 16.9 Å². The average Bonchev–Trinajstić information content (AvgIpc) is 2.64. The summed E-state index contributed by atoms with van der Waals surface area (Å²) < 4.78 is 5.78. The van der Waals surface area contributed by atoms with Crippen molar-refractivity contribution in [3.05, 3.63) is 65.7 Å². The van der Waals surface area contributed by atoms with Gasteiger partial charge in [-0.1, -0.05) is 56.3 Å². The molecule has 0 radical (unpaired) electrons. The minimum atomic E-state index is -0.215. The van der Waals surface area contributed by atoms with E-state index in [2.05, 4.69) is 24.5 Å². The first kappa shape index (κ1) is 19.0. The van der Waals surface area contributed by atoms with E-state index in [-0.39, 0.29) is 11.9 Å². The van der Waals surface area contributed by atoms with Gasteiger partial charge in [0, 0.05) is 13.1 Å². The van der Waals surface area contributed by atoms with E-state index in [1.165, 1.54) is 0 Å². The lowest BCUT2D eigenvalue weighted by molar-refractivity contribution is -0.122. The SMILES string of the molecule is CC(C)CNC(=O)C(C)NCc1ccc(OCc2ccccc2)cc1. The number of hydrogen-bond donors (Lipinski definition) is 2. The molecule has 4 heteroatoms. The van der Waals surface area contributed by atoms with Crippen molar-refractivity contribution in [2.24, 2.45) is 5.92 Å². The third-order valence-corrected chi connectivity index (χ3v) is 3.86. The topological polar surface area (TPSA) is 50.4 Å². The van der Waals surface area contributed by atoms with Gasteiger partial charge in [-0.05, 0) is 36.1 Å². The van der Waals surface area contributed by atoms with E-state index in [0.29, 0.717) is 25.6 Å². The van der Waals surface area contributed by atoms with Gasteiger partial charge in [0.2, 0.25) is 5.91 Å². The fourth-order valence-electron chi connectivity index (χ4n) is 2.27. The van der Waals surface area contributed by atoms with E-state index in [1.54, 1.807) is 0 Å². The Hall–Kier alpha value is -2.33. The number of benzene rings is 2. The molecule has 0 aliphatic carbocycles. The molecule has 0 fully saturated rings. The maximum Gasteiger partial charge on any atom is 0.236 e. The molecule has 0 saturated heterocycles. The molecule has 1 unspecified atom stereocenters. The van der Waals surface area contributed by atoms with Crippen molar-refractivity contribution in [1.82, 2.24) is 10.6 Å². The molecule has 2 aromatic rings. The number of nitrogens with one attached hydrogen (secondary N) is 2. The molecule has 0 aromatic heterocycles. The van der Waals surface area contributed by atoms with Crippen LogP contribution in [0.4, 0.5) is 0 Å². The summed E-state index contributed by atoms with van der Waals surface area (Å²) >= 11 is 0. The second kappa shape index (κ2) is 9.84.